The maximum Gasteiger partial charge on any atom is 0.307 e. The number of carboxylic acids is 1. The number of aliphatic carboxylic acids is 1. The van der Waals surface area contributed by atoms with Gasteiger partial charge in [0.05, 0.1) is 5.92 Å². The Hall–Kier alpha value is -1.32. The van der Waals surface area contributed by atoms with Crippen LogP contribution in [0.4, 0.5) is 0 Å². The fraction of sp³-hybridized carbons (Fsp3) is 0.188. The van der Waals surface area contributed by atoms with E-state index in [0.717, 1.165) is 15.6 Å². The van der Waals surface area contributed by atoms with Gasteiger partial charge in [-0.15, -0.1) is 0 Å². The number of carboxylic acid groups (broad SMARTS) is 1. The number of hydrogen-bond acceptors (Lipinski definition) is 1. The first-order valence-electron chi connectivity index (χ1n) is 6.26. The third kappa shape index (κ3) is 4.36. The molecule has 1 N–H and O–H groups in total. The summed E-state index contributed by atoms with van der Waals surface area (Å²) in [5.74, 6) is -1.22. The molecule has 2 aromatic carbocycles. The molecule has 0 aliphatic heterocycles. The van der Waals surface area contributed by atoms with Crippen LogP contribution in [-0.2, 0) is 17.6 Å². The van der Waals surface area contributed by atoms with Crippen LogP contribution in [-0.4, -0.2) is 11.1 Å². The second-order valence-corrected chi connectivity index (χ2v) is 6.05. The van der Waals surface area contributed by atoms with E-state index in [9.17, 15) is 9.90 Å². The summed E-state index contributed by atoms with van der Waals surface area (Å²) in [5.41, 5.74) is 2.00. The van der Waals surface area contributed by atoms with E-state index in [4.69, 9.17) is 11.6 Å². The third-order valence-electron chi connectivity index (χ3n) is 3.12. The van der Waals surface area contributed by atoms with Crippen molar-refractivity contribution in [1.29, 1.82) is 0 Å². The maximum atomic E-state index is 11.4. The van der Waals surface area contributed by atoms with E-state index in [2.05, 4.69) is 15.9 Å². The summed E-state index contributed by atoms with van der Waals surface area (Å²) in [6.07, 6.45) is 1.01. The van der Waals surface area contributed by atoms with Gasteiger partial charge in [-0.3, -0.25) is 4.79 Å². The Labute approximate surface area is 131 Å². The number of benzene rings is 2. The Balaban J connectivity index is 2.11. The van der Waals surface area contributed by atoms with E-state index < -0.39 is 11.9 Å². The Morgan fingerprint density at radius 3 is 2.35 bits per heavy atom. The summed E-state index contributed by atoms with van der Waals surface area (Å²) in [6.45, 7) is 0. The molecule has 0 heterocycles. The van der Waals surface area contributed by atoms with Gasteiger partial charge in [-0.2, -0.15) is 0 Å². The molecule has 0 bridgehead atoms. The zero-order valence-corrected chi connectivity index (χ0v) is 13.1. The van der Waals surface area contributed by atoms with Gasteiger partial charge < -0.3 is 5.11 Å². The highest BCUT2D eigenvalue weighted by atomic mass is 79.9. The van der Waals surface area contributed by atoms with Crippen molar-refractivity contribution in [3.05, 3.63) is 69.2 Å². The first-order chi connectivity index (χ1) is 9.54. The monoisotopic (exact) mass is 352 g/mol. The maximum absolute atomic E-state index is 11.4. The van der Waals surface area contributed by atoms with Crippen LogP contribution >= 0.6 is 27.5 Å². The molecule has 0 saturated carbocycles. The smallest absolute Gasteiger partial charge is 0.307 e. The summed E-state index contributed by atoms with van der Waals surface area (Å²) >= 11 is 9.24. The molecular weight excluding hydrogens is 340 g/mol. The van der Waals surface area contributed by atoms with E-state index in [0.29, 0.717) is 17.9 Å². The molecule has 2 nitrogen and oxygen atoms in total. The van der Waals surface area contributed by atoms with Crippen molar-refractivity contribution in [2.24, 2.45) is 5.92 Å². The Morgan fingerprint density at radius 1 is 1.10 bits per heavy atom. The van der Waals surface area contributed by atoms with Crippen LogP contribution in [0, 0.1) is 5.92 Å². The predicted octanol–water partition coefficient (Wildman–Crippen LogP) is 4.59. The van der Waals surface area contributed by atoms with Gasteiger partial charge in [0, 0.05) is 9.50 Å². The molecule has 20 heavy (non-hydrogen) atoms. The van der Waals surface area contributed by atoms with Gasteiger partial charge in [-0.1, -0.05) is 51.8 Å². The summed E-state index contributed by atoms with van der Waals surface area (Å²) in [4.78, 5) is 11.4. The van der Waals surface area contributed by atoms with Gasteiger partial charge in [0.15, 0.2) is 0 Å². The van der Waals surface area contributed by atoms with Crippen molar-refractivity contribution in [3.63, 3.8) is 0 Å². The van der Waals surface area contributed by atoms with Gasteiger partial charge in [0.2, 0.25) is 0 Å². The van der Waals surface area contributed by atoms with Crippen molar-refractivity contribution in [2.75, 3.05) is 0 Å². The highest BCUT2D eigenvalue weighted by Gasteiger charge is 2.18. The second kappa shape index (κ2) is 6.91. The van der Waals surface area contributed by atoms with Crippen molar-refractivity contribution >= 4 is 33.5 Å². The molecule has 0 spiro atoms. The lowest BCUT2D eigenvalue weighted by atomic mass is 9.93. The number of carbonyl (C=O) groups is 1. The average molecular weight is 354 g/mol. The minimum Gasteiger partial charge on any atom is -0.481 e. The highest BCUT2D eigenvalue weighted by molar-refractivity contribution is 9.10. The van der Waals surface area contributed by atoms with Crippen LogP contribution in [0.2, 0.25) is 5.02 Å². The Kier molecular flexibility index (Phi) is 5.21. The molecule has 0 radical (unpaired) electrons. The van der Waals surface area contributed by atoms with E-state index in [-0.39, 0.29) is 0 Å². The lowest BCUT2D eigenvalue weighted by molar-refractivity contribution is -0.141. The summed E-state index contributed by atoms with van der Waals surface area (Å²) in [6, 6.07) is 15.1. The fourth-order valence-electron chi connectivity index (χ4n) is 2.10. The Morgan fingerprint density at radius 2 is 1.75 bits per heavy atom. The topological polar surface area (TPSA) is 37.3 Å². The minimum atomic E-state index is -0.778. The number of rotatable bonds is 5. The van der Waals surface area contributed by atoms with Crippen molar-refractivity contribution in [2.45, 2.75) is 12.8 Å². The molecule has 1 unspecified atom stereocenters. The van der Waals surface area contributed by atoms with E-state index in [1.807, 2.05) is 36.4 Å². The molecule has 0 amide bonds. The summed E-state index contributed by atoms with van der Waals surface area (Å²) in [7, 11) is 0. The highest BCUT2D eigenvalue weighted by Crippen LogP contribution is 2.19. The quantitative estimate of drug-likeness (QED) is 0.853. The standard InChI is InChI=1S/C16H14BrClO2/c17-14-3-1-2-12(10-14)9-13(16(19)20)8-11-4-6-15(18)7-5-11/h1-7,10,13H,8-9H2,(H,19,20). The van der Waals surface area contributed by atoms with Crippen LogP contribution < -0.4 is 0 Å². The van der Waals surface area contributed by atoms with Crippen LogP contribution in [0.3, 0.4) is 0 Å². The van der Waals surface area contributed by atoms with Gasteiger partial charge in [0.1, 0.15) is 0 Å². The van der Waals surface area contributed by atoms with Gasteiger partial charge >= 0.3 is 5.97 Å². The molecule has 2 aromatic rings. The zero-order valence-electron chi connectivity index (χ0n) is 10.7. The molecule has 0 aromatic heterocycles. The molecule has 1 atom stereocenters. The lowest BCUT2D eigenvalue weighted by Gasteiger charge is -2.13. The minimum absolute atomic E-state index is 0.439. The lowest BCUT2D eigenvalue weighted by Crippen LogP contribution is -2.19. The van der Waals surface area contributed by atoms with Crippen LogP contribution in [0.15, 0.2) is 53.0 Å². The van der Waals surface area contributed by atoms with E-state index in [1.165, 1.54) is 0 Å². The molecule has 0 aliphatic rings. The van der Waals surface area contributed by atoms with Crippen molar-refractivity contribution in [3.8, 4) is 0 Å². The molecule has 4 heteroatoms. The normalized spacial score (nSPS) is 12.1. The molecule has 2 rings (SSSR count). The second-order valence-electron chi connectivity index (χ2n) is 4.70. The first kappa shape index (κ1) is 15.1. The fourth-order valence-corrected chi connectivity index (χ4v) is 2.67. The van der Waals surface area contributed by atoms with Crippen LogP contribution in [0.1, 0.15) is 11.1 Å². The average Bonchev–Trinajstić information content (AvgIpc) is 2.40. The summed E-state index contributed by atoms with van der Waals surface area (Å²) < 4.78 is 0.964. The first-order valence-corrected chi connectivity index (χ1v) is 7.43. The van der Waals surface area contributed by atoms with Crippen LogP contribution in [0.5, 0.6) is 0 Å². The number of hydrogen-bond donors (Lipinski definition) is 1. The van der Waals surface area contributed by atoms with E-state index >= 15 is 0 Å². The predicted molar refractivity (Wildman–Crippen MR) is 84.1 cm³/mol. The van der Waals surface area contributed by atoms with Crippen molar-refractivity contribution < 1.29 is 9.90 Å². The third-order valence-corrected chi connectivity index (χ3v) is 3.86. The van der Waals surface area contributed by atoms with Crippen molar-refractivity contribution in [1.82, 2.24) is 0 Å². The van der Waals surface area contributed by atoms with Gasteiger partial charge in [-0.25, -0.2) is 0 Å². The van der Waals surface area contributed by atoms with E-state index in [1.54, 1.807) is 12.1 Å². The largest absolute Gasteiger partial charge is 0.481 e. The summed E-state index contributed by atoms with van der Waals surface area (Å²) in [5, 5.41) is 10.0. The zero-order chi connectivity index (χ0) is 14.5. The Bertz CT molecular complexity index is 596. The molecular formula is C16H14BrClO2. The molecule has 0 saturated heterocycles. The van der Waals surface area contributed by atoms with Crippen LogP contribution in [0.25, 0.3) is 0 Å². The van der Waals surface area contributed by atoms with Gasteiger partial charge in [-0.05, 0) is 48.2 Å². The molecule has 0 aliphatic carbocycles. The molecule has 104 valence electrons. The SMILES string of the molecule is O=C(O)C(Cc1ccc(Cl)cc1)Cc1cccc(Br)c1. The molecule has 0 fully saturated rings. The number of halogens is 2. The van der Waals surface area contributed by atoms with Gasteiger partial charge in [0.25, 0.3) is 0 Å².